The van der Waals surface area contributed by atoms with E-state index >= 15 is 0 Å². The highest BCUT2D eigenvalue weighted by Crippen LogP contribution is 2.23. The van der Waals surface area contributed by atoms with E-state index in [1.807, 2.05) is 28.8 Å². The molecule has 0 atom stereocenters. The highest BCUT2D eigenvalue weighted by atomic mass is 127. The number of halogens is 1. The quantitative estimate of drug-likeness (QED) is 0.152. The second-order valence-electron chi connectivity index (χ2n) is 7.40. The van der Waals surface area contributed by atoms with Crippen LogP contribution in [0.3, 0.4) is 0 Å². The molecule has 0 fully saturated rings. The lowest BCUT2D eigenvalue weighted by Crippen LogP contribution is -2.40. The van der Waals surface area contributed by atoms with Gasteiger partial charge in [-0.2, -0.15) is 0 Å². The molecular formula is C25H29IN6. The molecular weight excluding hydrogens is 511 g/mol. The van der Waals surface area contributed by atoms with Crippen molar-refractivity contribution in [3.63, 3.8) is 0 Å². The van der Waals surface area contributed by atoms with Crippen LogP contribution in [0.5, 0.6) is 0 Å². The monoisotopic (exact) mass is 540 g/mol. The molecule has 0 aliphatic heterocycles. The summed E-state index contributed by atoms with van der Waals surface area (Å²) >= 11 is 0. The van der Waals surface area contributed by atoms with Crippen LogP contribution in [-0.4, -0.2) is 40.7 Å². The minimum Gasteiger partial charge on any atom is -0.356 e. The summed E-state index contributed by atoms with van der Waals surface area (Å²) in [7, 11) is 1.81. The number of aryl methyl sites for hydroxylation is 1. The van der Waals surface area contributed by atoms with E-state index in [1.165, 1.54) is 11.1 Å². The number of hydrogen-bond donors (Lipinski definition) is 2. The van der Waals surface area contributed by atoms with Crippen LogP contribution in [0.1, 0.15) is 29.3 Å². The fourth-order valence-corrected chi connectivity index (χ4v) is 3.73. The maximum absolute atomic E-state index is 4.39. The number of aromatic nitrogens is 3. The number of rotatable bonds is 8. The van der Waals surface area contributed by atoms with Gasteiger partial charge in [0.05, 0.1) is 0 Å². The van der Waals surface area contributed by atoms with Gasteiger partial charge in [0.25, 0.3) is 0 Å². The van der Waals surface area contributed by atoms with Gasteiger partial charge in [0.2, 0.25) is 0 Å². The zero-order chi connectivity index (χ0) is 21.3. The third-order valence-electron chi connectivity index (χ3n) is 5.36. The number of fused-ring (bicyclic) bond motifs is 1. The highest BCUT2D eigenvalue weighted by molar-refractivity contribution is 14.0. The first-order valence-electron chi connectivity index (χ1n) is 10.7. The van der Waals surface area contributed by atoms with Gasteiger partial charge >= 0.3 is 0 Å². The van der Waals surface area contributed by atoms with E-state index in [0.29, 0.717) is 0 Å². The van der Waals surface area contributed by atoms with E-state index in [0.717, 1.165) is 43.4 Å². The molecule has 0 radical (unpaired) electrons. The van der Waals surface area contributed by atoms with Gasteiger partial charge in [-0.25, -0.2) is 0 Å². The van der Waals surface area contributed by atoms with Crippen LogP contribution in [0.4, 0.5) is 0 Å². The average Bonchev–Trinajstić information content (AvgIpc) is 3.25. The molecule has 0 aliphatic rings. The number of aliphatic imine (C=N–C) groups is 1. The van der Waals surface area contributed by atoms with Gasteiger partial charge in [0.15, 0.2) is 11.6 Å². The Labute approximate surface area is 206 Å². The zero-order valence-electron chi connectivity index (χ0n) is 18.2. The summed E-state index contributed by atoms with van der Waals surface area (Å²) < 4.78 is 2.04. The average molecular weight is 540 g/mol. The molecule has 4 rings (SSSR count). The SMILES string of the molecule is CN=C(NCCCc1nnc2ccccn12)NCC(c1ccccc1)c1ccccc1.I. The number of pyridine rings is 1. The van der Waals surface area contributed by atoms with Crippen molar-refractivity contribution < 1.29 is 0 Å². The van der Waals surface area contributed by atoms with E-state index in [4.69, 9.17) is 0 Å². The lowest BCUT2D eigenvalue weighted by molar-refractivity contribution is 0.696. The third-order valence-corrected chi connectivity index (χ3v) is 5.36. The number of nitrogens with one attached hydrogen (secondary N) is 2. The van der Waals surface area contributed by atoms with E-state index in [2.05, 4.69) is 86.5 Å². The second-order valence-corrected chi connectivity index (χ2v) is 7.40. The summed E-state index contributed by atoms with van der Waals surface area (Å²) in [6.45, 7) is 1.57. The molecule has 2 aromatic heterocycles. The zero-order valence-corrected chi connectivity index (χ0v) is 20.5. The van der Waals surface area contributed by atoms with Crippen LogP contribution in [-0.2, 0) is 6.42 Å². The molecule has 2 heterocycles. The van der Waals surface area contributed by atoms with Crippen molar-refractivity contribution in [3.05, 3.63) is 102 Å². The minimum absolute atomic E-state index is 0. The third kappa shape index (κ3) is 6.06. The van der Waals surface area contributed by atoms with Crippen LogP contribution < -0.4 is 10.6 Å². The molecule has 6 nitrogen and oxygen atoms in total. The summed E-state index contributed by atoms with van der Waals surface area (Å²) in [4.78, 5) is 4.39. The van der Waals surface area contributed by atoms with Gasteiger partial charge in [0.1, 0.15) is 5.82 Å². The maximum atomic E-state index is 4.39. The first-order valence-corrected chi connectivity index (χ1v) is 10.7. The predicted octanol–water partition coefficient (Wildman–Crippen LogP) is 4.28. The molecule has 0 unspecified atom stereocenters. The topological polar surface area (TPSA) is 66.6 Å². The highest BCUT2D eigenvalue weighted by Gasteiger charge is 2.14. The Morgan fingerprint density at radius 1 is 0.875 bits per heavy atom. The van der Waals surface area contributed by atoms with Crippen molar-refractivity contribution in [2.45, 2.75) is 18.8 Å². The van der Waals surface area contributed by atoms with Gasteiger partial charge in [-0.3, -0.25) is 9.39 Å². The largest absolute Gasteiger partial charge is 0.356 e. The Morgan fingerprint density at radius 2 is 1.53 bits per heavy atom. The smallest absolute Gasteiger partial charge is 0.191 e. The number of guanidine groups is 1. The van der Waals surface area contributed by atoms with Crippen molar-refractivity contribution in [1.29, 1.82) is 0 Å². The Hall–Kier alpha value is -2.94. The van der Waals surface area contributed by atoms with E-state index < -0.39 is 0 Å². The van der Waals surface area contributed by atoms with Crippen molar-refractivity contribution in [3.8, 4) is 0 Å². The summed E-state index contributed by atoms with van der Waals surface area (Å²) in [5.41, 5.74) is 3.46. The molecule has 32 heavy (non-hydrogen) atoms. The first kappa shape index (κ1) is 23.7. The predicted molar refractivity (Wildman–Crippen MR) is 141 cm³/mol. The van der Waals surface area contributed by atoms with E-state index in [-0.39, 0.29) is 29.9 Å². The molecule has 0 saturated heterocycles. The molecule has 2 N–H and O–H groups in total. The van der Waals surface area contributed by atoms with Gasteiger partial charge in [-0.1, -0.05) is 66.7 Å². The first-order chi connectivity index (χ1) is 15.3. The summed E-state index contributed by atoms with van der Waals surface area (Å²) in [6.07, 6.45) is 3.80. The lowest BCUT2D eigenvalue weighted by Gasteiger charge is -2.20. The van der Waals surface area contributed by atoms with E-state index in [9.17, 15) is 0 Å². The summed E-state index contributed by atoms with van der Waals surface area (Å²) in [5, 5.41) is 15.4. The van der Waals surface area contributed by atoms with Crippen LogP contribution in [0.15, 0.2) is 90.1 Å². The molecule has 4 aromatic rings. The van der Waals surface area contributed by atoms with Gasteiger partial charge in [0, 0.05) is 38.7 Å². The van der Waals surface area contributed by atoms with Crippen molar-refractivity contribution in [1.82, 2.24) is 25.2 Å². The number of nitrogens with zero attached hydrogens (tertiary/aromatic N) is 4. The molecule has 166 valence electrons. The van der Waals surface area contributed by atoms with Crippen LogP contribution >= 0.6 is 24.0 Å². The van der Waals surface area contributed by atoms with Crippen molar-refractivity contribution >= 4 is 35.6 Å². The van der Waals surface area contributed by atoms with E-state index in [1.54, 1.807) is 7.05 Å². The maximum Gasteiger partial charge on any atom is 0.191 e. The standard InChI is InChI=1S/C25H28N6.HI/c1-26-25(27-17-10-16-24-30-29-23-15-8-9-18-31(23)24)28-19-22(20-11-4-2-5-12-20)21-13-6-3-7-14-21;/h2-9,11-15,18,22H,10,16-17,19H2,1H3,(H2,26,27,28);1H. The molecule has 0 spiro atoms. The molecule has 0 bridgehead atoms. The molecule has 7 heteroatoms. The fourth-order valence-electron chi connectivity index (χ4n) is 3.73. The van der Waals surface area contributed by atoms with Crippen LogP contribution in [0, 0.1) is 0 Å². The van der Waals surface area contributed by atoms with Gasteiger partial charge in [-0.05, 0) is 29.7 Å². The molecule has 0 amide bonds. The molecule has 2 aromatic carbocycles. The Kier molecular flexibility index (Phi) is 9.03. The normalized spacial score (nSPS) is 11.4. The molecule has 0 aliphatic carbocycles. The van der Waals surface area contributed by atoms with Crippen molar-refractivity contribution in [2.75, 3.05) is 20.1 Å². The Balaban J connectivity index is 0.00000289. The summed E-state index contributed by atoms with van der Waals surface area (Å²) in [5.74, 6) is 2.04. The number of benzene rings is 2. The van der Waals surface area contributed by atoms with Gasteiger partial charge in [-0.15, -0.1) is 34.2 Å². The molecule has 0 saturated carbocycles. The second kappa shape index (κ2) is 12.2. The Bertz CT molecular complexity index is 1070. The minimum atomic E-state index is 0. The lowest BCUT2D eigenvalue weighted by atomic mass is 9.91. The Morgan fingerprint density at radius 3 is 2.19 bits per heavy atom. The summed E-state index contributed by atoms with van der Waals surface area (Å²) in [6, 6.07) is 27.1. The van der Waals surface area contributed by atoms with Crippen molar-refractivity contribution in [2.24, 2.45) is 4.99 Å². The van der Waals surface area contributed by atoms with Crippen LogP contribution in [0.2, 0.25) is 0 Å². The van der Waals surface area contributed by atoms with Gasteiger partial charge < -0.3 is 10.6 Å². The number of hydrogen-bond acceptors (Lipinski definition) is 3. The fraction of sp³-hybridized carbons (Fsp3) is 0.240. The van der Waals surface area contributed by atoms with Crippen LogP contribution in [0.25, 0.3) is 5.65 Å².